The summed E-state index contributed by atoms with van der Waals surface area (Å²) in [6, 6.07) is 18.5. The molecule has 0 atom stereocenters. The van der Waals surface area contributed by atoms with Crippen LogP contribution in [0.25, 0.3) is 11.8 Å². The van der Waals surface area contributed by atoms with Gasteiger partial charge < -0.3 is 14.2 Å². The van der Waals surface area contributed by atoms with Crippen LogP contribution in [0.1, 0.15) is 22.3 Å². The molecule has 0 aliphatic carbocycles. The van der Waals surface area contributed by atoms with Gasteiger partial charge in [-0.15, -0.1) is 0 Å². The van der Waals surface area contributed by atoms with Gasteiger partial charge in [-0.05, 0) is 48.9 Å². The van der Waals surface area contributed by atoms with Gasteiger partial charge in [0, 0.05) is 21.2 Å². The second-order valence-corrected chi connectivity index (χ2v) is 8.14. The van der Waals surface area contributed by atoms with Gasteiger partial charge in [0.1, 0.15) is 12.4 Å². The van der Waals surface area contributed by atoms with Gasteiger partial charge in [-0.2, -0.15) is 0 Å². The van der Waals surface area contributed by atoms with Crippen LogP contribution in [0.15, 0.2) is 72.3 Å². The van der Waals surface area contributed by atoms with Crippen LogP contribution in [0, 0.1) is 6.92 Å². The zero-order valence-electron chi connectivity index (χ0n) is 17.5. The predicted octanol–water partition coefficient (Wildman–Crippen LogP) is 6.87. The number of carbonyl (C=O) groups is 1. The zero-order valence-corrected chi connectivity index (χ0v) is 19.0. The Kier molecular flexibility index (Phi) is 6.54. The van der Waals surface area contributed by atoms with Crippen molar-refractivity contribution in [1.29, 1.82) is 0 Å². The number of halogens is 2. The molecule has 4 nitrogen and oxygen atoms in total. The highest BCUT2D eigenvalue weighted by atomic mass is 35.5. The molecule has 32 heavy (non-hydrogen) atoms. The summed E-state index contributed by atoms with van der Waals surface area (Å²) in [6.07, 6.45) is 3.50. The Hall–Kier alpha value is -3.21. The number of hydrogen-bond donors (Lipinski definition) is 0. The van der Waals surface area contributed by atoms with E-state index in [1.54, 1.807) is 43.5 Å². The lowest BCUT2D eigenvalue weighted by Gasteiger charge is -2.12. The third kappa shape index (κ3) is 4.98. The minimum absolute atomic E-state index is 0.266. The van der Waals surface area contributed by atoms with Gasteiger partial charge in [0.2, 0.25) is 0 Å². The molecule has 3 aromatic carbocycles. The van der Waals surface area contributed by atoms with Gasteiger partial charge in [0.15, 0.2) is 11.5 Å². The van der Waals surface area contributed by atoms with E-state index in [9.17, 15) is 4.79 Å². The highest BCUT2D eigenvalue weighted by Crippen LogP contribution is 2.32. The van der Waals surface area contributed by atoms with Gasteiger partial charge >= 0.3 is 5.97 Å². The van der Waals surface area contributed by atoms with Crippen LogP contribution in [0.4, 0.5) is 0 Å². The highest BCUT2D eigenvalue weighted by Gasteiger charge is 2.22. The molecule has 0 bridgehead atoms. The van der Waals surface area contributed by atoms with Crippen LogP contribution in [0.3, 0.4) is 0 Å². The number of rotatable bonds is 6. The SMILES string of the molecule is COc1cc(/C=C2\C=C(c3ccc(C)cc3)OC2=O)ccc1OCc1ccc(Cl)cc1Cl. The van der Waals surface area contributed by atoms with Crippen molar-refractivity contribution < 1.29 is 19.0 Å². The molecule has 1 heterocycles. The van der Waals surface area contributed by atoms with E-state index in [1.165, 1.54) is 0 Å². The Morgan fingerprint density at radius 1 is 0.969 bits per heavy atom. The van der Waals surface area contributed by atoms with E-state index in [4.69, 9.17) is 37.4 Å². The molecular weight excluding hydrogens is 447 g/mol. The Balaban J connectivity index is 1.53. The van der Waals surface area contributed by atoms with E-state index < -0.39 is 5.97 Å². The van der Waals surface area contributed by atoms with Gasteiger partial charge in [-0.1, -0.05) is 65.2 Å². The molecule has 0 spiro atoms. The minimum atomic E-state index is -0.391. The van der Waals surface area contributed by atoms with Gasteiger partial charge in [-0.25, -0.2) is 4.79 Å². The van der Waals surface area contributed by atoms with Crippen molar-refractivity contribution in [3.05, 3.63) is 105 Å². The fraction of sp³-hybridized carbons (Fsp3) is 0.115. The van der Waals surface area contributed by atoms with E-state index in [0.29, 0.717) is 32.9 Å². The van der Waals surface area contributed by atoms with E-state index >= 15 is 0 Å². The summed E-state index contributed by atoms with van der Waals surface area (Å²) >= 11 is 12.2. The third-order valence-corrected chi connectivity index (χ3v) is 5.56. The highest BCUT2D eigenvalue weighted by molar-refractivity contribution is 6.35. The van der Waals surface area contributed by atoms with Crippen LogP contribution in [-0.2, 0) is 16.1 Å². The maximum absolute atomic E-state index is 12.3. The molecule has 6 heteroatoms. The maximum Gasteiger partial charge on any atom is 0.343 e. The van der Waals surface area contributed by atoms with Gasteiger partial charge in [0.05, 0.1) is 12.7 Å². The van der Waals surface area contributed by atoms with E-state index in [1.807, 2.05) is 43.3 Å². The molecule has 0 amide bonds. The molecule has 4 rings (SSSR count). The summed E-state index contributed by atoms with van der Waals surface area (Å²) in [4.78, 5) is 12.3. The molecule has 3 aromatic rings. The van der Waals surface area contributed by atoms with Crippen molar-refractivity contribution in [3.63, 3.8) is 0 Å². The summed E-state index contributed by atoms with van der Waals surface area (Å²) in [5, 5.41) is 1.10. The summed E-state index contributed by atoms with van der Waals surface area (Å²) < 4.78 is 16.8. The molecule has 0 fully saturated rings. The van der Waals surface area contributed by atoms with Crippen LogP contribution in [0.5, 0.6) is 11.5 Å². The maximum atomic E-state index is 12.3. The molecule has 0 N–H and O–H groups in total. The van der Waals surface area contributed by atoms with Crippen LogP contribution in [0.2, 0.25) is 10.0 Å². The first-order valence-electron chi connectivity index (χ1n) is 9.90. The Morgan fingerprint density at radius 2 is 1.75 bits per heavy atom. The van der Waals surface area contributed by atoms with E-state index in [-0.39, 0.29) is 6.61 Å². The van der Waals surface area contributed by atoms with Crippen LogP contribution >= 0.6 is 23.2 Å². The number of cyclic esters (lactones) is 1. The summed E-state index contributed by atoms with van der Waals surface area (Å²) in [5.41, 5.74) is 4.06. The second-order valence-electron chi connectivity index (χ2n) is 7.30. The summed E-state index contributed by atoms with van der Waals surface area (Å²) in [5.74, 6) is 1.24. The van der Waals surface area contributed by atoms with Gasteiger partial charge in [-0.3, -0.25) is 0 Å². The molecule has 0 radical (unpaired) electrons. The van der Waals surface area contributed by atoms with Crippen molar-refractivity contribution in [2.24, 2.45) is 0 Å². The van der Waals surface area contributed by atoms with Crippen molar-refractivity contribution in [2.45, 2.75) is 13.5 Å². The molecule has 0 saturated carbocycles. The van der Waals surface area contributed by atoms with Crippen molar-refractivity contribution in [2.75, 3.05) is 7.11 Å². The quantitative estimate of drug-likeness (QED) is 0.293. The van der Waals surface area contributed by atoms with Crippen molar-refractivity contribution in [3.8, 4) is 11.5 Å². The first-order chi connectivity index (χ1) is 15.4. The first kappa shape index (κ1) is 22.0. The molecule has 1 aliphatic heterocycles. The average molecular weight is 467 g/mol. The Bertz CT molecular complexity index is 1230. The Labute approximate surface area is 196 Å². The third-order valence-electron chi connectivity index (χ3n) is 4.97. The first-order valence-corrected chi connectivity index (χ1v) is 10.7. The molecular formula is C26H20Cl2O4. The molecule has 0 saturated heterocycles. The smallest absolute Gasteiger partial charge is 0.343 e. The fourth-order valence-electron chi connectivity index (χ4n) is 3.22. The normalized spacial score (nSPS) is 14.3. The van der Waals surface area contributed by atoms with Gasteiger partial charge in [0.25, 0.3) is 0 Å². The fourth-order valence-corrected chi connectivity index (χ4v) is 3.68. The molecule has 1 aliphatic rings. The zero-order chi connectivity index (χ0) is 22.7. The van der Waals surface area contributed by atoms with Crippen LogP contribution < -0.4 is 9.47 Å². The number of carbonyl (C=O) groups excluding carboxylic acids is 1. The van der Waals surface area contributed by atoms with E-state index in [0.717, 1.165) is 22.3 Å². The van der Waals surface area contributed by atoms with E-state index in [2.05, 4.69) is 0 Å². The lowest BCUT2D eigenvalue weighted by Crippen LogP contribution is -1.99. The standard InChI is InChI=1S/C26H20Cl2O4/c1-16-3-6-18(7-4-16)24-13-20(26(29)32-24)11-17-5-10-23(25(12-17)30-2)31-15-19-8-9-21(27)14-22(19)28/h3-14H,15H2,1-2H3/b20-11+. The Morgan fingerprint density at radius 3 is 2.47 bits per heavy atom. The number of esters is 1. The summed E-state index contributed by atoms with van der Waals surface area (Å²) in [7, 11) is 1.56. The molecule has 162 valence electrons. The monoisotopic (exact) mass is 466 g/mol. The number of aryl methyl sites for hydroxylation is 1. The number of ether oxygens (including phenoxy) is 3. The average Bonchev–Trinajstić information content (AvgIpc) is 3.14. The number of benzene rings is 3. The predicted molar refractivity (Wildman–Crippen MR) is 127 cm³/mol. The molecule has 0 aromatic heterocycles. The number of hydrogen-bond acceptors (Lipinski definition) is 4. The van der Waals surface area contributed by atoms with Crippen molar-refractivity contribution >= 4 is 41.0 Å². The number of methoxy groups -OCH3 is 1. The van der Waals surface area contributed by atoms with Crippen molar-refractivity contribution in [1.82, 2.24) is 0 Å². The lowest BCUT2D eigenvalue weighted by molar-refractivity contribution is -0.130. The largest absolute Gasteiger partial charge is 0.493 e. The summed E-state index contributed by atoms with van der Waals surface area (Å²) in [6.45, 7) is 2.27. The van der Waals surface area contributed by atoms with Crippen LogP contribution in [-0.4, -0.2) is 13.1 Å². The molecule has 0 unspecified atom stereocenters. The minimum Gasteiger partial charge on any atom is -0.493 e. The lowest BCUT2D eigenvalue weighted by atomic mass is 10.1. The second kappa shape index (κ2) is 9.51. The topological polar surface area (TPSA) is 44.8 Å².